The Hall–Kier alpha value is -3.73. The third kappa shape index (κ3) is 4.31. The normalized spacial score (nSPS) is 11.5. The molecule has 0 unspecified atom stereocenters. The van der Waals surface area contributed by atoms with E-state index in [2.05, 4.69) is 4.98 Å². The number of methoxy groups -OCH3 is 2. The lowest BCUT2D eigenvalue weighted by atomic mass is 10.1. The number of halogens is 3. The van der Waals surface area contributed by atoms with E-state index in [9.17, 15) is 23.1 Å². The number of aromatic hydroxyl groups is 1. The van der Waals surface area contributed by atoms with Gasteiger partial charge in [0.15, 0.2) is 16.4 Å². The molecule has 2 aromatic carbocycles. The van der Waals surface area contributed by atoms with Crippen molar-refractivity contribution in [3.63, 3.8) is 0 Å². The van der Waals surface area contributed by atoms with Crippen LogP contribution >= 0.6 is 11.3 Å². The molecule has 4 rings (SSSR count). The molecule has 0 aliphatic carbocycles. The molecule has 0 aliphatic rings. The lowest BCUT2D eigenvalue weighted by Gasteiger charge is -2.13. The molecular weight excluding hydrogens is 461 g/mol. The fraction of sp³-hybridized carbons (Fsp3) is 0.182. The maximum Gasteiger partial charge on any atom is 0.416 e. The topological polar surface area (TPSA) is 82.8 Å². The molecule has 2 heterocycles. The van der Waals surface area contributed by atoms with Crippen molar-refractivity contribution in [2.24, 2.45) is 0 Å². The third-order valence-electron chi connectivity index (χ3n) is 4.85. The van der Waals surface area contributed by atoms with Gasteiger partial charge in [-0.25, -0.2) is 9.78 Å². The summed E-state index contributed by atoms with van der Waals surface area (Å²) in [6.07, 6.45) is -3.05. The van der Waals surface area contributed by atoms with Gasteiger partial charge in [0.05, 0.1) is 30.8 Å². The van der Waals surface area contributed by atoms with E-state index in [1.54, 1.807) is 10.6 Å². The second-order valence-electron chi connectivity index (χ2n) is 6.84. The lowest BCUT2D eigenvalue weighted by molar-refractivity contribution is -0.138. The molecular formula is C22H17F3N2O5S. The summed E-state index contributed by atoms with van der Waals surface area (Å²) in [5.74, 6) is -0.476. The second kappa shape index (κ2) is 8.66. The predicted octanol–water partition coefficient (Wildman–Crippen LogP) is 5.19. The smallest absolute Gasteiger partial charge is 0.416 e. The Morgan fingerprint density at radius 3 is 2.61 bits per heavy atom. The van der Waals surface area contributed by atoms with Gasteiger partial charge in [-0.3, -0.25) is 4.57 Å². The maximum atomic E-state index is 13.3. The number of nitrogens with zero attached hydrogens (tertiary/aromatic N) is 2. The number of phenols is 1. The number of phenolic OH excluding ortho intramolecular Hbond substituents is 1. The number of alkyl halides is 3. The number of imidazole rings is 1. The minimum absolute atomic E-state index is 0.0680. The van der Waals surface area contributed by atoms with Gasteiger partial charge in [-0.15, -0.1) is 11.3 Å². The van der Waals surface area contributed by atoms with Gasteiger partial charge in [-0.05, 0) is 6.07 Å². The van der Waals surface area contributed by atoms with Gasteiger partial charge < -0.3 is 19.3 Å². The molecule has 4 aromatic rings. The van der Waals surface area contributed by atoms with Crippen LogP contribution < -0.4 is 9.47 Å². The van der Waals surface area contributed by atoms with Crippen molar-refractivity contribution in [2.75, 3.05) is 14.2 Å². The van der Waals surface area contributed by atoms with Gasteiger partial charge in [0.25, 0.3) is 0 Å². The van der Waals surface area contributed by atoms with E-state index in [1.165, 1.54) is 50.9 Å². The zero-order chi connectivity index (χ0) is 23.8. The van der Waals surface area contributed by atoms with Gasteiger partial charge in [0.2, 0.25) is 0 Å². The molecule has 7 nitrogen and oxygen atoms in total. The molecule has 0 amide bonds. The van der Waals surface area contributed by atoms with Crippen molar-refractivity contribution in [3.05, 3.63) is 64.8 Å². The minimum atomic E-state index is -4.54. The summed E-state index contributed by atoms with van der Waals surface area (Å²) < 4.78 is 57.0. The highest BCUT2D eigenvalue weighted by atomic mass is 32.1. The molecule has 0 atom stereocenters. The van der Waals surface area contributed by atoms with Crippen molar-refractivity contribution in [1.82, 2.24) is 9.55 Å². The monoisotopic (exact) mass is 478 g/mol. The van der Waals surface area contributed by atoms with Gasteiger partial charge >= 0.3 is 12.1 Å². The van der Waals surface area contributed by atoms with E-state index in [4.69, 9.17) is 14.2 Å². The first-order valence-corrected chi connectivity index (χ1v) is 10.3. The highest BCUT2D eigenvalue weighted by molar-refractivity contribution is 7.16. The van der Waals surface area contributed by atoms with Crippen LogP contribution in [0.15, 0.2) is 48.8 Å². The molecule has 11 heteroatoms. The Balaban J connectivity index is 1.72. The Bertz CT molecular complexity index is 1330. The number of hydrogen-bond acceptors (Lipinski definition) is 7. The number of hydrogen-bond donors (Lipinski definition) is 1. The predicted molar refractivity (Wildman–Crippen MR) is 114 cm³/mol. The van der Waals surface area contributed by atoms with E-state index in [-0.39, 0.29) is 27.7 Å². The summed E-state index contributed by atoms with van der Waals surface area (Å²) in [5, 5.41) is 10.6. The molecule has 2 aromatic heterocycles. The number of thiophene rings is 1. The molecule has 1 N–H and O–H groups in total. The highest BCUT2D eigenvalue weighted by Crippen LogP contribution is 2.38. The third-order valence-corrected chi connectivity index (χ3v) is 5.94. The Kier molecular flexibility index (Phi) is 5.90. The average Bonchev–Trinajstić information content (AvgIpc) is 3.39. The zero-order valence-corrected chi connectivity index (χ0v) is 18.2. The molecule has 33 heavy (non-hydrogen) atoms. The fourth-order valence-electron chi connectivity index (χ4n) is 3.27. The number of carbonyl (C=O) groups excluding carboxylic acids is 1. The Labute approximate surface area is 189 Å². The van der Waals surface area contributed by atoms with Crippen molar-refractivity contribution < 1.29 is 37.3 Å². The Morgan fingerprint density at radius 1 is 1.15 bits per heavy atom. The number of benzene rings is 2. The Morgan fingerprint density at radius 2 is 1.91 bits per heavy atom. The van der Waals surface area contributed by atoms with Gasteiger partial charge in [0.1, 0.15) is 23.7 Å². The summed E-state index contributed by atoms with van der Waals surface area (Å²) in [5.41, 5.74) is 0.169. The van der Waals surface area contributed by atoms with Crippen LogP contribution in [0.2, 0.25) is 0 Å². The molecule has 0 spiro atoms. The first kappa shape index (κ1) is 22.5. The van der Waals surface area contributed by atoms with Gasteiger partial charge in [0, 0.05) is 23.8 Å². The largest absolute Gasteiger partial charge is 0.504 e. The molecule has 172 valence electrons. The summed E-state index contributed by atoms with van der Waals surface area (Å²) in [6, 6.07) is 9.58. The van der Waals surface area contributed by atoms with Crippen LogP contribution in [0.5, 0.6) is 17.2 Å². The van der Waals surface area contributed by atoms with Crippen molar-refractivity contribution in [1.29, 1.82) is 0 Å². The number of esters is 1. The molecule has 0 bridgehead atoms. The fourth-order valence-corrected chi connectivity index (χ4v) is 4.27. The second-order valence-corrected chi connectivity index (χ2v) is 7.87. The van der Waals surface area contributed by atoms with Crippen LogP contribution in [0.25, 0.3) is 16.0 Å². The van der Waals surface area contributed by atoms with Crippen molar-refractivity contribution >= 4 is 28.3 Å². The van der Waals surface area contributed by atoms with Crippen LogP contribution in [-0.2, 0) is 17.5 Å². The van der Waals surface area contributed by atoms with E-state index < -0.39 is 24.3 Å². The first-order chi connectivity index (χ1) is 15.7. The van der Waals surface area contributed by atoms with E-state index >= 15 is 0 Å². The summed E-state index contributed by atoms with van der Waals surface area (Å²) >= 11 is 1.01. The molecule has 0 fully saturated rings. The number of fused-ring (bicyclic) bond motifs is 1. The van der Waals surface area contributed by atoms with Crippen molar-refractivity contribution in [3.8, 4) is 22.2 Å². The molecule has 0 saturated carbocycles. The zero-order valence-electron chi connectivity index (χ0n) is 17.3. The first-order valence-electron chi connectivity index (χ1n) is 9.47. The number of aromatic nitrogens is 2. The van der Waals surface area contributed by atoms with E-state index in [0.29, 0.717) is 16.0 Å². The number of carbonyl (C=O) groups is 1. The summed E-state index contributed by atoms with van der Waals surface area (Å²) in [4.78, 5) is 16.7. The number of rotatable bonds is 6. The van der Waals surface area contributed by atoms with E-state index in [0.717, 1.165) is 17.4 Å². The van der Waals surface area contributed by atoms with Crippen LogP contribution in [0.1, 0.15) is 20.8 Å². The van der Waals surface area contributed by atoms with Crippen molar-refractivity contribution in [2.45, 2.75) is 12.8 Å². The van der Waals surface area contributed by atoms with Gasteiger partial charge in [-0.2, -0.15) is 13.2 Å². The molecule has 0 radical (unpaired) electrons. The lowest BCUT2D eigenvalue weighted by Crippen LogP contribution is -2.11. The molecule has 0 saturated heterocycles. The quantitative estimate of drug-likeness (QED) is 0.384. The van der Waals surface area contributed by atoms with Crippen LogP contribution in [0, 0.1) is 0 Å². The van der Waals surface area contributed by atoms with Gasteiger partial charge in [-0.1, -0.05) is 18.2 Å². The summed E-state index contributed by atoms with van der Waals surface area (Å²) in [6.45, 7) is -0.404. The summed E-state index contributed by atoms with van der Waals surface area (Å²) in [7, 11) is 2.61. The van der Waals surface area contributed by atoms with Crippen LogP contribution in [0.4, 0.5) is 13.2 Å². The van der Waals surface area contributed by atoms with Crippen LogP contribution in [-0.4, -0.2) is 34.8 Å². The number of ether oxygens (including phenoxy) is 3. The standard InChI is InChI=1S/C22H17F3N2O5S/c1-30-17-7-14-15(8-16(17)28)27(11-26-14)19-9-18(20(33-19)21(29)31-2)32-10-12-5-3-4-6-13(12)22(23,24)25/h3-9,11,28H,10H2,1-2H3. The van der Waals surface area contributed by atoms with Crippen LogP contribution in [0.3, 0.4) is 0 Å². The minimum Gasteiger partial charge on any atom is -0.504 e. The molecule has 0 aliphatic heterocycles. The highest BCUT2D eigenvalue weighted by Gasteiger charge is 2.33. The van der Waals surface area contributed by atoms with E-state index in [1.807, 2.05) is 0 Å². The average molecular weight is 478 g/mol. The maximum absolute atomic E-state index is 13.3. The SMILES string of the molecule is COC(=O)c1sc(-n2cnc3cc(OC)c(O)cc32)cc1OCc1ccccc1C(F)(F)F.